The first-order valence-electron chi connectivity index (χ1n) is 9.61. The van der Waals surface area contributed by atoms with E-state index in [2.05, 4.69) is 15.1 Å². The highest BCUT2D eigenvalue weighted by molar-refractivity contribution is 7.90. The molecule has 0 aliphatic carbocycles. The van der Waals surface area contributed by atoms with E-state index in [4.69, 9.17) is 4.52 Å². The molecule has 0 saturated carbocycles. The summed E-state index contributed by atoms with van der Waals surface area (Å²) in [6.07, 6.45) is 0.654. The summed E-state index contributed by atoms with van der Waals surface area (Å²) in [6.45, 7) is 3.15. The van der Waals surface area contributed by atoms with Crippen LogP contribution in [-0.2, 0) is 22.0 Å². The van der Waals surface area contributed by atoms with Gasteiger partial charge in [0.15, 0.2) is 9.84 Å². The average molecular weight is 458 g/mol. The Kier molecular flexibility index (Phi) is 5.97. The van der Waals surface area contributed by atoms with Crippen molar-refractivity contribution in [2.75, 3.05) is 0 Å². The summed E-state index contributed by atoms with van der Waals surface area (Å²) in [4.78, 5) is 8.65. The summed E-state index contributed by atoms with van der Waals surface area (Å²) in [5.74, 6) is -0.499. The van der Waals surface area contributed by atoms with E-state index in [-0.39, 0.29) is 23.3 Å². The van der Waals surface area contributed by atoms with Crippen LogP contribution in [0.3, 0.4) is 0 Å². The van der Waals surface area contributed by atoms with Crippen molar-refractivity contribution in [3.63, 3.8) is 0 Å². The van der Waals surface area contributed by atoms with Crippen LogP contribution < -0.4 is 0 Å². The third-order valence-corrected chi connectivity index (χ3v) is 7.78. The van der Waals surface area contributed by atoms with Crippen molar-refractivity contribution >= 4 is 21.2 Å². The van der Waals surface area contributed by atoms with Crippen LogP contribution in [-0.4, -0.2) is 23.5 Å². The molecule has 0 aliphatic rings. The minimum Gasteiger partial charge on any atom is -0.338 e. The Balaban J connectivity index is 1.48. The molecular formula is C22H20FN3O3S2. The second-order valence-corrected chi connectivity index (χ2v) is 10.5. The van der Waals surface area contributed by atoms with E-state index in [1.54, 1.807) is 24.4 Å². The first-order chi connectivity index (χ1) is 14.8. The maximum atomic E-state index is 13.8. The van der Waals surface area contributed by atoms with Crippen LogP contribution in [0, 0.1) is 12.7 Å². The van der Waals surface area contributed by atoms with Crippen LogP contribution >= 0.6 is 11.3 Å². The first kappa shape index (κ1) is 21.3. The molecule has 2 aromatic carbocycles. The van der Waals surface area contributed by atoms with Crippen LogP contribution in [0.1, 0.15) is 39.9 Å². The topological polar surface area (TPSA) is 86.0 Å². The zero-order valence-electron chi connectivity index (χ0n) is 16.9. The van der Waals surface area contributed by atoms with Crippen LogP contribution in [0.2, 0.25) is 0 Å². The number of hydrogen-bond donors (Lipinski definition) is 0. The molecule has 0 bridgehead atoms. The Labute approximate surface area is 183 Å². The highest BCUT2D eigenvalue weighted by Gasteiger charge is 2.29. The molecule has 0 fully saturated rings. The first-order valence-corrected chi connectivity index (χ1v) is 12.2. The van der Waals surface area contributed by atoms with Gasteiger partial charge in [-0.15, -0.1) is 11.3 Å². The van der Waals surface area contributed by atoms with Gasteiger partial charge in [-0.3, -0.25) is 0 Å². The Bertz CT molecular complexity index is 1300. The number of sulfone groups is 1. The van der Waals surface area contributed by atoms with E-state index in [1.807, 2.05) is 30.3 Å². The number of nitrogens with zero attached hydrogens (tertiary/aromatic N) is 3. The maximum absolute atomic E-state index is 13.8. The highest BCUT2D eigenvalue weighted by Crippen LogP contribution is 2.27. The summed E-state index contributed by atoms with van der Waals surface area (Å²) in [5.41, 5.74) is 2.53. The van der Waals surface area contributed by atoms with Gasteiger partial charge in [0, 0.05) is 17.4 Å². The van der Waals surface area contributed by atoms with Gasteiger partial charge in [0.05, 0.1) is 16.5 Å². The monoisotopic (exact) mass is 457 g/mol. The molecule has 0 amide bonds. The summed E-state index contributed by atoms with van der Waals surface area (Å²) in [7, 11) is -3.64. The van der Waals surface area contributed by atoms with Gasteiger partial charge in [0.1, 0.15) is 11.1 Å². The molecule has 9 heteroatoms. The van der Waals surface area contributed by atoms with E-state index in [9.17, 15) is 12.8 Å². The van der Waals surface area contributed by atoms with Gasteiger partial charge in [-0.2, -0.15) is 4.98 Å². The van der Waals surface area contributed by atoms with Gasteiger partial charge in [-0.1, -0.05) is 47.6 Å². The number of rotatable bonds is 7. The minimum absolute atomic E-state index is 0.0317. The second kappa shape index (κ2) is 8.68. The van der Waals surface area contributed by atoms with E-state index in [1.165, 1.54) is 24.3 Å². The maximum Gasteiger partial charge on any atom is 0.245 e. The largest absolute Gasteiger partial charge is 0.338 e. The fraction of sp³-hybridized carbons (Fsp3) is 0.227. The lowest BCUT2D eigenvalue weighted by molar-refractivity contribution is 0.377. The zero-order chi connectivity index (χ0) is 22.0. The molecule has 31 heavy (non-hydrogen) atoms. The van der Waals surface area contributed by atoms with Crippen LogP contribution in [0.15, 0.2) is 58.4 Å². The normalized spacial score (nSPS) is 12.7. The zero-order valence-corrected chi connectivity index (χ0v) is 18.6. The van der Waals surface area contributed by atoms with E-state index >= 15 is 0 Å². The molecule has 1 unspecified atom stereocenters. The van der Waals surface area contributed by atoms with Crippen molar-refractivity contribution in [2.24, 2.45) is 0 Å². The smallest absolute Gasteiger partial charge is 0.245 e. The summed E-state index contributed by atoms with van der Waals surface area (Å²) in [6, 6.07) is 14.4. The molecule has 4 rings (SSSR count). The minimum atomic E-state index is -3.64. The number of thiazole rings is 1. The Hall–Kier alpha value is -2.91. The number of aromatic nitrogens is 3. The van der Waals surface area contributed by atoms with Gasteiger partial charge in [0.25, 0.3) is 0 Å². The SMILES string of the molecule is Cc1ccc(-c2noc(C(C)S(=O)(=O)Cc3csc(Cc4ccccc4)n3)n2)cc1F. The molecule has 4 aromatic rings. The molecule has 0 saturated heterocycles. The van der Waals surface area contributed by atoms with Crippen molar-refractivity contribution < 1.29 is 17.3 Å². The van der Waals surface area contributed by atoms with Crippen molar-refractivity contribution in [2.45, 2.75) is 31.3 Å². The summed E-state index contributed by atoms with van der Waals surface area (Å²) in [5, 5.41) is 5.42. The number of hydrogen-bond acceptors (Lipinski definition) is 7. The molecule has 6 nitrogen and oxygen atoms in total. The average Bonchev–Trinajstić information content (AvgIpc) is 3.40. The molecular weight excluding hydrogens is 437 g/mol. The van der Waals surface area contributed by atoms with E-state index in [0.29, 0.717) is 23.2 Å². The Morgan fingerprint density at radius 1 is 1.13 bits per heavy atom. The molecule has 2 heterocycles. The van der Waals surface area contributed by atoms with Crippen molar-refractivity contribution in [3.8, 4) is 11.4 Å². The molecule has 0 aliphatic heterocycles. The van der Waals surface area contributed by atoms with Crippen molar-refractivity contribution in [1.29, 1.82) is 0 Å². The fourth-order valence-corrected chi connectivity index (χ4v) is 5.15. The van der Waals surface area contributed by atoms with Gasteiger partial charge in [0.2, 0.25) is 11.7 Å². The van der Waals surface area contributed by atoms with Crippen LogP contribution in [0.5, 0.6) is 0 Å². The Morgan fingerprint density at radius 2 is 1.90 bits per heavy atom. The van der Waals surface area contributed by atoms with Gasteiger partial charge >= 0.3 is 0 Å². The summed E-state index contributed by atoms with van der Waals surface area (Å²) < 4.78 is 44.8. The lowest BCUT2D eigenvalue weighted by atomic mass is 10.1. The Morgan fingerprint density at radius 3 is 2.65 bits per heavy atom. The molecule has 0 N–H and O–H groups in total. The molecule has 0 radical (unpaired) electrons. The number of halogens is 1. The standard InChI is InChI=1S/C22H20FN3O3S2/c1-14-8-9-17(11-19(14)23)21-25-22(29-26-21)15(2)31(27,28)13-18-12-30-20(24-18)10-16-6-4-3-5-7-16/h3-9,11-12,15H,10,13H2,1-2H3. The van der Waals surface area contributed by atoms with Gasteiger partial charge in [-0.05, 0) is 31.0 Å². The third kappa shape index (κ3) is 4.88. The van der Waals surface area contributed by atoms with Crippen molar-refractivity contribution in [3.05, 3.63) is 87.4 Å². The lowest BCUT2D eigenvalue weighted by Crippen LogP contribution is -2.13. The predicted molar refractivity (Wildman–Crippen MR) is 117 cm³/mol. The summed E-state index contributed by atoms with van der Waals surface area (Å²) >= 11 is 1.43. The van der Waals surface area contributed by atoms with Crippen LogP contribution in [0.25, 0.3) is 11.4 Å². The quantitative estimate of drug-likeness (QED) is 0.392. The molecule has 1 atom stereocenters. The van der Waals surface area contributed by atoms with Gasteiger partial charge < -0.3 is 4.52 Å². The van der Waals surface area contributed by atoms with Crippen molar-refractivity contribution in [1.82, 2.24) is 15.1 Å². The molecule has 160 valence electrons. The van der Waals surface area contributed by atoms with Gasteiger partial charge in [-0.25, -0.2) is 17.8 Å². The molecule has 2 aromatic heterocycles. The van der Waals surface area contributed by atoms with E-state index in [0.717, 1.165) is 10.6 Å². The predicted octanol–water partition coefficient (Wildman–Crippen LogP) is 4.91. The molecule has 0 spiro atoms. The third-order valence-electron chi connectivity index (χ3n) is 4.90. The fourth-order valence-electron chi connectivity index (χ4n) is 3.00. The number of aryl methyl sites for hydroxylation is 1. The lowest BCUT2D eigenvalue weighted by Gasteiger charge is -2.07. The second-order valence-electron chi connectivity index (χ2n) is 7.26. The number of benzene rings is 2. The van der Waals surface area contributed by atoms with Crippen LogP contribution in [0.4, 0.5) is 4.39 Å². The highest BCUT2D eigenvalue weighted by atomic mass is 32.2. The van der Waals surface area contributed by atoms with E-state index < -0.39 is 15.1 Å².